The lowest BCUT2D eigenvalue weighted by Crippen LogP contribution is -2.49. The van der Waals surface area contributed by atoms with Crippen LogP contribution < -0.4 is 4.90 Å². The molecule has 0 atom stereocenters. The predicted octanol–water partition coefficient (Wildman–Crippen LogP) is 3.29. The second kappa shape index (κ2) is 7.32. The molecule has 1 fully saturated rings. The van der Waals surface area contributed by atoms with Crippen molar-refractivity contribution in [3.63, 3.8) is 0 Å². The number of carbonyl (C=O) groups excluding carboxylic acids is 1. The summed E-state index contributed by atoms with van der Waals surface area (Å²) in [7, 11) is 0. The fraction of sp³-hybridized carbons (Fsp3) is 0.381. The molecule has 0 aliphatic carbocycles. The van der Waals surface area contributed by atoms with Gasteiger partial charge in [-0.25, -0.2) is 19.6 Å². The summed E-state index contributed by atoms with van der Waals surface area (Å²) in [4.78, 5) is 32.0. The van der Waals surface area contributed by atoms with E-state index < -0.39 is 0 Å². The summed E-state index contributed by atoms with van der Waals surface area (Å²) in [5, 5.41) is 8.40. The fourth-order valence-corrected chi connectivity index (χ4v) is 4.75. The van der Waals surface area contributed by atoms with Crippen LogP contribution in [0.4, 0.5) is 5.82 Å². The Labute approximate surface area is 178 Å². The zero-order chi connectivity index (χ0) is 20.8. The number of nitrogens with zero attached hydrogens (tertiary/aromatic N) is 7. The average Bonchev–Trinajstić information content (AvgIpc) is 3.39. The van der Waals surface area contributed by atoms with Gasteiger partial charge in [0.15, 0.2) is 5.65 Å². The third kappa shape index (κ3) is 3.09. The Hall–Kier alpha value is -3.07. The highest BCUT2D eigenvalue weighted by molar-refractivity contribution is 7.16. The first-order valence-electron chi connectivity index (χ1n) is 10.1. The highest BCUT2D eigenvalue weighted by Gasteiger charge is 2.26. The monoisotopic (exact) mass is 421 g/mol. The summed E-state index contributed by atoms with van der Waals surface area (Å²) < 4.78 is 1.87. The van der Waals surface area contributed by atoms with Gasteiger partial charge in [-0.1, -0.05) is 0 Å². The number of rotatable bonds is 3. The second-order valence-electron chi connectivity index (χ2n) is 7.85. The summed E-state index contributed by atoms with van der Waals surface area (Å²) in [6.07, 6.45) is 3.38. The Morgan fingerprint density at radius 3 is 2.70 bits per heavy atom. The Morgan fingerprint density at radius 1 is 1.13 bits per heavy atom. The number of amides is 1. The lowest BCUT2D eigenvalue weighted by Gasteiger charge is -2.35. The van der Waals surface area contributed by atoms with Gasteiger partial charge in [0.05, 0.1) is 22.5 Å². The third-order valence-corrected chi connectivity index (χ3v) is 6.34. The van der Waals surface area contributed by atoms with Crippen LogP contribution in [0.5, 0.6) is 0 Å². The molecule has 1 saturated heterocycles. The largest absolute Gasteiger partial charge is 0.352 e. The van der Waals surface area contributed by atoms with E-state index in [1.165, 1.54) is 0 Å². The topological polar surface area (TPSA) is 80.0 Å². The Bertz CT molecular complexity index is 1240. The van der Waals surface area contributed by atoms with Gasteiger partial charge in [0.2, 0.25) is 0 Å². The second-order valence-corrected chi connectivity index (χ2v) is 8.74. The Kier molecular flexibility index (Phi) is 4.62. The standard InChI is InChI=1S/C21H23N7OS/c1-13(2)28-19-17(11-24-28)16(10-14(3)25-19)21(29)27-7-5-26(6-8-27)18-15-4-9-30-20(15)23-12-22-18/h4,9-13H,5-8H2,1-3H3. The van der Waals surface area contributed by atoms with Crippen molar-refractivity contribution < 1.29 is 4.79 Å². The minimum absolute atomic E-state index is 0.0387. The van der Waals surface area contributed by atoms with Crippen molar-refractivity contribution >= 4 is 44.3 Å². The number of piperazine rings is 1. The molecular weight excluding hydrogens is 398 g/mol. The van der Waals surface area contributed by atoms with Gasteiger partial charge in [-0.05, 0) is 38.3 Å². The number of hydrogen-bond donors (Lipinski definition) is 0. The first-order chi connectivity index (χ1) is 14.5. The van der Waals surface area contributed by atoms with Gasteiger partial charge in [0.25, 0.3) is 5.91 Å². The number of aryl methyl sites for hydroxylation is 1. The van der Waals surface area contributed by atoms with Crippen LogP contribution in [-0.4, -0.2) is 61.7 Å². The molecule has 9 heteroatoms. The predicted molar refractivity (Wildman–Crippen MR) is 118 cm³/mol. The fourth-order valence-electron chi connectivity index (χ4n) is 4.02. The van der Waals surface area contributed by atoms with Gasteiger partial charge in [-0.3, -0.25) is 4.79 Å². The number of thiophene rings is 1. The van der Waals surface area contributed by atoms with Crippen molar-refractivity contribution in [3.8, 4) is 0 Å². The minimum Gasteiger partial charge on any atom is -0.352 e. The molecule has 0 saturated carbocycles. The third-order valence-electron chi connectivity index (χ3n) is 5.52. The molecule has 0 spiro atoms. The van der Waals surface area contributed by atoms with Crippen molar-refractivity contribution in [1.82, 2.24) is 29.6 Å². The van der Waals surface area contributed by atoms with Crippen molar-refractivity contribution in [2.45, 2.75) is 26.8 Å². The Balaban J connectivity index is 1.39. The van der Waals surface area contributed by atoms with E-state index in [1.54, 1.807) is 23.9 Å². The van der Waals surface area contributed by atoms with Gasteiger partial charge in [-0.2, -0.15) is 5.10 Å². The van der Waals surface area contributed by atoms with Crippen molar-refractivity contribution in [1.29, 1.82) is 0 Å². The number of hydrogen-bond acceptors (Lipinski definition) is 7. The van der Waals surface area contributed by atoms with Crippen molar-refractivity contribution in [3.05, 3.63) is 41.3 Å². The van der Waals surface area contributed by atoms with Gasteiger partial charge < -0.3 is 9.80 Å². The van der Waals surface area contributed by atoms with Crippen molar-refractivity contribution in [2.75, 3.05) is 31.1 Å². The molecule has 0 N–H and O–H groups in total. The molecule has 1 aliphatic heterocycles. The molecule has 5 rings (SSSR count). The minimum atomic E-state index is 0.0387. The smallest absolute Gasteiger partial charge is 0.254 e. The van der Waals surface area contributed by atoms with Crippen LogP contribution in [0.25, 0.3) is 21.3 Å². The molecule has 0 aromatic carbocycles. The molecule has 0 unspecified atom stereocenters. The summed E-state index contributed by atoms with van der Waals surface area (Å²) in [6, 6.07) is 4.13. The first kappa shape index (κ1) is 18.9. The summed E-state index contributed by atoms with van der Waals surface area (Å²) in [6.45, 7) is 8.83. The molecule has 0 bridgehead atoms. The maximum atomic E-state index is 13.4. The maximum absolute atomic E-state index is 13.4. The van der Waals surface area contributed by atoms with Crippen molar-refractivity contribution in [2.24, 2.45) is 0 Å². The van der Waals surface area contributed by atoms with Crippen LogP contribution in [0, 0.1) is 6.92 Å². The summed E-state index contributed by atoms with van der Waals surface area (Å²) in [5.41, 5.74) is 2.28. The number of aromatic nitrogens is 5. The highest BCUT2D eigenvalue weighted by Crippen LogP contribution is 2.28. The maximum Gasteiger partial charge on any atom is 0.254 e. The van der Waals surface area contributed by atoms with E-state index in [1.807, 2.05) is 28.0 Å². The Morgan fingerprint density at radius 2 is 1.93 bits per heavy atom. The van der Waals surface area contributed by atoms with E-state index in [-0.39, 0.29) is 11.9 Å². The lowest BCUT2D eigenvalue weighted by atomic mass is 10.1. The van der Waals surface area contributed by atoms with Gasteiger partial charge in [0, 0.05) is 37.9 Å². The van der Waals surface area contributed by atoms with Crippen LogP contribution in [0.1, 0.15) is 35.9 Å². The molecule has 154 valence electrons. The highest BCUT2D eigenvalue weighted by atomic mass is 32.1. The normalized spacial score (nSPS) is 14.9. The van der Waals surface area contributed by atoms with Crippen LogP contribution in [0.2, 0.25) is 0 Å². The van der Waals surface area contributed by atoms with Crippen LogP contribution >= 0.6 is 11.3 Å². The number of fused-ring (bicyclic) bond motifs is 2. The zero-order valence-electron chi connectivity index (χ0n) is 17.2. The molecule has 4 aromatic heterocycles. The molecule has 8 nitrogen and oxygen atoms in total. The summed E-state index contributed by atoms with van der Waals surface area (Å²) >= 11 is 1.62. The first-order valence-corrected chi connectivity index (χ1v) is 11.0. The molecule has 0 radical (unpaired) electrons. The molecule has 4 aromatic rings. The van der Waals surface area contributed by atoms with E-state index in [4.69, 9.17) is 0 Å². The molecule has 1 amide bonds. The molecular formula is C21H23N7OS. The number of carbonyl (C=O) groups is 1. The van der Waals surface area contributed by atoms with Crippen LogP contribution in [0.3, 0.4) is 0 Å². The van der Waals surface area contributed by atoms with Gasteiger partial charge >= 0.3 is 0 Å². The van der Waals surface area contributed by atoms with E-state index >= 15 is 0 Å². The SMILES string of the molecule is Cc1cc(C(=O)N2CCN(c3ncnc4sccc34)CC2)c2cnn(C(C)C)c2n1. The number of anilines is 1. The van der Waals surface area contributed by atoms with E-state index in [0.717, 1.165) is 45.9 Å². The molecule has 30 heavy (non-hydrogen) atoms. The quantitative estimate of drug-likeness (QED) is 0.505. The lowest BCUT2D eigenvalue weighted by molar-refractivity contribution is 0.0748. The summed E-state index contributed by atoms with van der Waals surface area (Å²) in [5.74, 6) is 0.991. The number of pyridine rings is 1. The average molecular weight is 422 g/mol. The van der Waals surface area contributed by atoms with Crippen LogP contribution in [0.15, 0.2) is 30.0 Å². The zero-order valence-corrected chi connectivity index (χ0v) is 18.1. The van der Waals surface area contributed by atoms with Gasteiger partial charge in [-0.15, -0.1) is 11.3 Å². The van der Waals surface area contributed by atoms with Crippen LogP contribution in [-0.2, 0) is 0 Å². The van der Waals surface area contributed by atoms with E-state index in [9.17, 15) is 4.79 Å². The molecule has 5 heterocycles. The van der Waals surface area contributed by atoms with E-state index in [2.05, 4.69) is 44.9 Å². The van der Waals surface area contributed by atoms with E-state index in [0.29, 0.717) is 18.7 Å². The van der Waals surface area contributed by atoms with Gasteiger partial charge in [0.1, 0.15) is 17.0 Å². The molecule has 1 aliphatic rings.